The van der Waals surface area contributed by atoms with Crippen LogP contribution in [0.25, 0.3) is 0 Å². The maximum absolute atomic E-state index is 10.8. The Bertz CT molecular complexity index is 222. The van der Waals surface area contributed by atoms with E-state index in [0.29, 0.717) is 0 Å². The van der Waals surface area contributed by atoms with Gasteiger partial charge in [-0.25, -0.2) is 0 Å². The van der Waals surface area contributed by atoms with Crippen LogP contribution in [0.5, 0.6) is 0 Å². The summed E-state index contributed by atoms with van der Waals surface area (Å²) in [6.07, 6.45) is -0.129. The van der Waals surface area contributed by atoms with Crippen LogP contribution in [-0.2, 0) is 9.59 Å². The van der Waals surface area contributed by atoms with Crippen LogP contribution in [-0.4, -0.2) is 11.8 Å². The number of Topliss-reactive ketones (excluding diaryl/α,β-unsaturated/α-hetero) is 1. The fourth-order valence-electron chi connectivity index (χ4n) is 0.850. The van der Waals surface area contributed by atoms with E-state index in [4.69, 9.17) is 5.26 Å². The fraction of sp³-hybridized carbons (Fsp3) is 0.625. The van der Waals surface area contributed by atoms with Gasteiger partial charge in [-0.05, 0) is 5.92 Å². The number of carboxylic acid groups (broad SMARTS) is 1. The molecule has 0 unspecified atom stereocenters. The third-order valence-corrected chi connectivity index (χ3v) is 1.36. The quantitative estimate of drug-likeness (QED) is 0.479. The summed E-state index contributed by atoms with van der Waals surface area (Å²) in [5.74, 6) is -1.80. The van der Waals surface area contributed by atoms with Gasteiger partial charge in [0.2, 0.25) is 0 Å². The van der Waals surface area contributed by atoms with Gasteiger partial charge in [0.05, 0.1) is 6.07 Å². The van der Waals surface area contributed by atoms with Crippen molar-refractivity contribution in [2.24, 2.45) is 5.92 Å². The van der Waals surface area contributed by atoms with E-state index in [9.17, 15) is 14.7 Å². The van der Waals surface area contributed by atoms with Gasteiger partial charge in [-0.2, -0.15) is 5.26 Å². The Kier molecular flexibility index (Phi) is 11.0. The Morgan fingerprint density at radius 2 is 2.08 bits per heavy atom. The van der Waals surface area contributed by atoms with E-state index in [1.165, 1.54) is 0 Å². The van der Waals surface area contributed by atoms with Crippen LogP contribution in [0.15, 0.2) is 0 Å². The van der Waals surface area contributed by atoms with Gasteiger partial charge in [-0.1, -0.05) is 6.92 Å². The van der Waals surface area contributed by atoms with Crippen LogP contribution >= 0.6 is 0 Å². The molecule has 13 heavy (non-hydrogen) atoms. The number of rotatable bonds is 5. The minimum absolute atomic E-state index is 0. The molecule has 0 heterocycles. The molecule has 1 atom stereocenters. The van der Waals surface area contributed by atoms with Crippen molar-refractivity contribution in [1.29, 1.82) is 5.26 Å². The summed E-state index contributed by atoms with van der Waals surface area (Å²) in [5.41, 5.74) is 0. The zero-order valence-corrected chi connectivity index (χ0v) is 12.8. The summed E-state index contributed by atoms with van der Waals surface area (Å²) in [6, 6.07) is 1.91. The monoisotopic (exact) mass is 253 g/mol. The zero-order valence-electron chi connectivity index (χ0n) is 7.87. The smallest absolute Gasteiger partial charge is 0.550 e. The maximum atomic E-state index is 10.8. The molecule has 0 aromatic heterocycles. The molecule has 4 nitrogen and oxygen atoms in total. The molecular formula is C8H10NO3Rb. The van der Waals surface area contributed by atoms with Crippen molar-refractivity contribution in [2.45, 2.75) is 26.2 Å². The van der Waals surface area contributed by atoms with E-state index < -0.39 is 12.4 Å². The molecule has 5 heteroatoms. The molecule has 0 spiro atoms. The molecule has 0 fully saturated rings. The third kappa shape index (κ3) is 10.4. The van der Waals surface area contributed by atoms with Crippen molar-refractivity contribution in [1.82, 2.24) is 0 Å². The van der Waals surface area contributed by atoms with Crippen LogP contribution in [0.4, 0.5) is 0 Å². The second-order valence-corrected chi connectivity index (χ2v) is 2.76. The van der Waals surface area contributed by atoms with Crippen molar-refractivity contribution in [3.63, 3.8) is 0 Å². The molecule has 0 aromatic rings. The molecule has 0 aromatic carbocycles. The maximum Gasteiger partial charge on any atom is 1.00 e. The van der Waals surface area contributed by atoms with E-state index in [1.807, 2.05) is 6.07 Å². The first-order chi connectivity index (χ1) is 5.56. The number of ketones is 1. The van der Waals surface area contributed by atoms with Gasteiger partial charge in [-0.15, -0.1) is 0 Å². The predicted octanol–water partition coefficient (Wildman–Crippen LogP) is -3.36. The molecule has 0 radical (unpaired) electrons. The first kappa shape index (κ1) is 15.9. The van der Waals surface area contributed by atoms with Gasteiger partial charge in [0.1, 0.15) is 5.78 Å². The fourth-order valence-corrected chi connectivity index (χ4v) is 0.850. The Labute approximate surface area is 126 Å². The molecule has 0 saturated heterocycles. The third-order valence-electron chi connectivity index (χ3n) is 1.36. The molecule has 0 aliphatic heterocycles. The summed E-state index contributed by atoms with van der Waals surface area (Å²) in [7, 11) is 0. The van der Waals surface area contributed by atoms with Crippen molar-refractivity contribution in [3.05, 3.63) is 0 Å². The number of hydrogen-bond acceptors (Lipinski definition) is 4. The Morgan fingerprint density at radius 3 is 2.46 bits per heavy atom. The normalized spacial score (nSPS) is 10.8. The molecule has 0 N–H and O–H groups in total. The first-order valence-corrected chi connectivity index (χ1v) is 3.64. The van der Waals surface area contributed by atoms with Crippen LogP contribution in [0.2, 0.25) is 0 Å². The van der Waals surface area contributed by atoms with E-state index >= 15 is 0 Å². The van der Waals surface area contributed by atoms with Crippen molar-refractivity contribution in [3.8, 4) is 6.07 Å². The summed E-state index contributed by atoms with van der Waals surface area (Å²) in [5, 5.41) is 18.2. The Hall–Kier alpha value is 0.435. The van der Waals surface area contributed by atoms with Crippen LogP contribution in [0.3, 0.4) is 0 Å². The van der Waals surface area contributed by atoms with Crippen molar-refractivity contribution < 1.29 is 72.9 Å². The molecule has 0 rings (SSSR count). The van der Waals surface area contributed by atoms with Crippen LogP contribution in [0, 0.1) is 17.2 Å². The van der Waals surface area contributed by atoms with Gasteiger partial charge in [0, 0.05) is 25.2 Å². The molecule has 66 valence electrons. The molecular weight excluding hydrogens is 244 g/mol. The molecule has 0 aliphatic rings. The largest absolute Gasteiger partial charge is 1.00 e. The van der Waals surface area contributed by atoms with Crippen molar-refractivity contribution >= 4 is 11.8 Å². The van der Waals surface area contributed by atoms with Crippen LogP contribution < -0.4 is 63.3 Å². The molecule has 0 saturated carbocycles. The Morgan fingerprint density at radius 1 is 1.54 bits per heavy atom. The topological polar surface area (TPSA) is 81.0 Å². The molecule has 0 amide bonds. The van der Waals surface area contributed by atoms with Gasteiger partial charge >= 0.3 is 58.2 Å². The minimum atomic E-state index is -1.36. The number of carboxylic acids is 1. The molecule has 0 bridgehead atoms. The summed E-state index contributed by atoms with van der Waals surface area (Å²) >= 11 is 0. The standard InChI is InChI=1S/C8H11NO3.Rb/c1-6(2-3-9)4-7(10)5-8(11)12;/h6H,2,4-5H2,1H3,(H,11,12);/q;+1/p-1/t6-;/m1./s1. The average Bonchev–Trinajstić information content (AvgIpc) is 1.84. The van der Waals surface area contributed by atoms with Gasteiger partial charge < -0.3 is 9.90 Å². The second-order valence-electron chi connectivity index (χ2n) is 2.76. The van der Waals surface area contributed by atoms with Gasteiger partial charge in [-0.3, -0.25) is 4.79 Å². The summed E-state index contributed by atoms with van der Waals surface area (Å²) in [6.45, 7) is 1.73. The minimum Gasteiger partial charge on any atom is -0.550 e. The number of nitriles is 1. The van der Waals surface area contributed by atoms with Gasteiger partial charge in [0.15, 0.2) is 0 Å². The number of nitrogens with zero attached hydrogens (tertiary/aromatic N) is 1. The second kappa shape index (κ2) is 9.01. The first-order valence-electron chi connectivity index (χ1n) is 3.64. The summed E-state index contributed by atoms with van der Waals surface area (Å²) < 4.78 is 0. The van der Waals surface area contributed by atoms with E-state index in [-0.39, 0.29) is 82.7 Å². The van der Waals surface area contributed by atoms with E-state index in [1.54, 1.807) is 6.92 Å². The van der Waals surface area contributed by atoms with Crippen molar-refractivity contribution in [2.75, 3.05) is 0 Å². The SMILES string of the molecule is C[C@H](CC#N)CC(=O)CC(=O)[O-].[Rb+]. The number of carbonyl (C=O) groups excluding carboxylic acids is 2. The average molecular weight is 254 g/mol. The van der Waals surface area contributed by atoms with Crippen LogP contribution in [0.1, 0.15) is 26.2 Å². The number of hydrogen-bond donors (Lipinski definition) is 0. The number of aliphatic carboxylic acids is 1. The van der Waals surface area contributed by atoms with E-state index in [2.05, 4.69) is 0 Å². The Balaban J connectivity index is 0. The number of carbonyl (C=O) groups is 2. The predicted molar refractivity (Wildman–Crippen MR) is 38.6 cm³/mol. The zero-order chi connectivity index (χ0) is 9.56. The van der Waals surface area contributed by atoms with E-state index in [0.717, 1.165) is 0 Å². The molecule has 0 aliphatic carbocycles. The van der Waals surface area contributed by atoms with Gasteiger partial charge in [0.25, 0.3) is 0 Å². The summed E-state index contributed by atoms with van der Waals surface area (Å²) in [4.78, 5) is 20.8.